The topological polar surface area (TPSA) is 17.8 Å². The summed E-state index contributed by atoms with van der Waals surface area (Å²) in [6, 6.07) is 1.14. The maximum absolute atomic E-state index is 12.5. The van der Waals surface area contributed by atoms with Gasteiger partial charge >= 0.3 is 6.18 Å². The third kappa shape index (κ3) is 2.02. The molecule has 2 nitrogen and oxygen atoms in total. The van der Waals surface area contributed by atoms with Crippen LogP contribution in [0.3, 0.4) is 0 Å². The summed E-state index contributed by atoms with van der Waals surface area (Å²) in [5.74, 6) is 0. The molecule has 0 fully saturated rings. The van der Waals surface area contributed by atoms with Crippen molar-refractivity contribution in [1.82, 2.24) is 8.96 Å². The molecule has 0 aliphatic heterocycles. The lowest BCUT2D eigenvalue weighted by Gasteiger charge is -2.06. The maximum Gasteiger partial charge on any atom is 0.417 e. The molecule has 2 aromatic rings. The third-order valence-electron chi connectivity index (χ3n) is 2.21. The van der Waals surface area contributed by atoms with Gasteiger partial charge in [-0.2, -0.15) is 13.2 Å². The Morgan fingerprint density at radius 2 is 2.12 bits per heavy atom. The molecule has 0 amide bonds. The highest BCUT2D eigenvalue weighted by Gasteiger charge is 2.31. The highest BCUT2D eigenvalue weighted by atomic mass is 127. The molecule has 0 aromatic carbocycles. The standard InChI is InChI=1S/C9H6F3IN2S/c1-5-4-15(16-13)8-7(5)2-6(3-14-8)9(10,11)12/h2-4H,1H3. The maximum atomic E-state index is 12.5. The van der Waals surface area contributed by atoms with Gasteiger partial charge in [0, 0.05) is 48.1 Å². The minimum Gasteiger partial charge on any atom is -0.266 e. The summed E-state index contributed by atoms with van der Waals surface area (Å²) < 4.78 is 39.2. The van der Waals surface area contributed by atoms with Crippen molar-refractivity contribution in [3.63, 3.8) is 0 Å². The molecule has 0 saturated heterocycles. The molecule has 0 radical (unpaired) electrons. The largest absolute Gasteiger partial charge is 0.417 e. The molecule has 0 N–H and O–H groups in total. The van der Waals surface area contributed by atoms with Gasteiger partial charge < -0.3 is 0 Å². The Hall–Kier alpha value is -0.440. The number of alkyl halides is 3. The van der Waals surface area contributed by atoms with Crippen LogP contribution in [0.25, 0.3) is 11.0 Å². The first-order chi connectivity index (χ1) is 7.43. The van der Waals surface area contributed by atoms with Gasteiger partial charge in [0.2, 0.25) is 0 Å². The Morgan fingerprint density at radius 3 is 2.69 bits per heavy atom. The van der Waals surface area contributed by atoms with Crippen LogP contribution in [0.1, 0.15) is 11.1 Å². The van der Waals surface area contributed by atoms with E-state index in [0.29, 0.717) is 11.0 Å². The van der Waals surface area contributed by atoms with Crippen LogP contribution in [0.4, 0.5) is 13.2 Å². The van der Waals surface area contributed by atoms with Crippen molar-refractivity contribution >= 4 is 41.4 Å². The minimum atomic E-state index is -4.34. The number of nitrogens with zero attached hydrogens (tertiary/aromatic N) is 2. The summed E-state index contributed by atoms with van der Waals surface area (Å²) in [7, 11) is 1.38. The normalized spacial score (nSPS) is 12.3. The van der Waals surface area contributed by atoms with E-state index in [2.05, 4.69) is 26.2 Å². The van der Waals surface area contributed by atoms with Crippen molar-refractivity contribution in [1.29, 1.82) is 0 Å². The van der Waals surface area contributed by atoms with Crippen LogP contribution >= 0.6 is 30.3 Å². The molecular weight excluding hydrogens is 352 g/mol. The Bertz CT molecular complexity index is 535. The molecule has 2 aromatic heterocycles. The van der Waals surface area contributed by atoms with Crippen molar-refractivity contribution in [3.8, 4) is 0 Å². The van der Waals surface area contributed by atoms with Crippen LogP contribution in [0, 0.1) is 6.92 Å². The zero-order valence-electron chi connectivity index (χ0n) is 8.05. The van der Waals surface area contributed by atoms with Gasteiger partial charge in [0.15, 0.2) is 5.65 Å². The zero-order valence-corrected chi connectivity index (χ0v) is 11.0. The predicted octanol–water partition coefficient (Wildman–Crippen LogP) is 4.21. The first-order valence-electron chi connectivity index (χ1n) is 4.27. The van der Waals surface area contributed by atoms with Crippen molar-refractivity contribution < 1.29 is 13.2 Å². The molecule has 0 aliphatic rings. The molecule has 0 spiro atoms. The van der Waals surface area contributed by atoms with E-state index in [1.807, 2.05) is 0 Å². The number of rotatable bonds is 1. The molecule has 2 heterocycles. The first kappa shape index (κ1) is 12.0. The van der Waals surface area contributed by atoms with Gasteiger partial charge in [0.05, 0.1) is 5.56 Å². The van der Waals surface area contributed by atoms with Gasteiger partial charge in [0.1, 0.15) is 0 Å². The van der Waals surface area contributed by atoms with Crippen LogP contribution in [0.2, 0.25) is 0 Å². The summed E-state index contributed by atoms with van der Waals surface area (Å²) in [6.45, 7) is 1.77. The predicted molar refractivity (Wildman–Crippen MR) is 66.5 cm³/mol. The van der Waals surface area contributed by atoms with E-state index < -0.39 is 11.7 Å². The SMILES string of the molecule is Cc1cn(SI)c2ncc(C(F)(F)F)cc12. The van der Waals surface area contributed by atoms with Gasteiger partial charge in [-0.1, -0.05) is 0 Å². The van der Waals surface area contributed by atoms with Crippen LogP contribution in [0.5, 0.6) is 0 Å². The van der Waals surface area contributed by atoms with Crippen LogP contribution < -0.4 is 0 Å². The van der Waals surface area contributed by atoms with Gasteiger partial charge in [-0.05, 0) is 18.6 Å². The first-order valence-corrected chi connectivity index (χ1v) is 7.59. The fraction of sp³-hybridized carbons (Fsp3) is 0.222. The Balaban J connectivity index is 2.67. The van der Waals surface area contributed by atoms with Crippen LogP contribution in [-0.2, 0) is 6.18 Å². The molecule has 86 valence electrons. The molecule has 0 atom stereocenters. The summed E-state index contributed by atoms with van der Waals surface area (Å²) in [6.07, 6.45) is -1.70. The molecule has 0 bridgehead atoms. The number of halogens is 4. The number of fused-ring (bicyclic) bond motifs is 1. The van der Waals surface area contributed by atoms with E-state index in [1.54, 1.807) is 17.1 Å². The lowest BCUT2D eigenvalue weighted by atomic mass is 10.2. The number of aryl methyl sites for hydroxylation is 1. The molecule has 0 aliphatic carbocycles. The van der Waals surface area contributed by atoms with Crippen molar-refractivity contribution in [2.24, 2.45) is 0 Å². The van der Waals surface area contributed by atoms with Gasteiger partial charge in [-0.15, -0.1) is 0 Å². The minimum absolute atomic E-state index is 0.541. The number of hydrogen-bond acceptors (Lipinski definition) is 2. The Morgan fingerprint density at radius 1 is 1.44 bits per heavy atom. The second-order valence-electron chi connectivity index (χ2n) is 3.30. The number of hydrogen-bond donors (Lipinski definition) is 0. The van der Waals surface area contributed by atoms with E-state index in [0.717, 1.165) is 17.8 Å². The molecule has 16 heavy (non-hydrogen) atoms. The number of aromatic nitrogens is 2. The summed E-state index contributed by atoms with van der Waals surface area (Å²) in [5.41, 5.74) is 0.641. The lowest BCUT2D eigenvalue weighted by Crippen LogP contribution is -2.05. The fourth-order valence-electron chi connectivity index (χ4n) is 1.44. The molecular formula is C9H6F3IN2S. The average Bonchev–Trinajstić information content (AvgIpc) is 2.54. The van der Waals surface area contributed by atoms with Gasteiger partial charge in [0.25, 0.3) is 0 Å². The van der Waals surface area contributed by atoms with E-state index in [-0.39, 0.29) is 0 Å². The second kappa shape index (κ2) is 4.10. The van der Waals surface area contributed by atoms with E-state index >= 15 is 0 Å². The second-order valence-corrected chi connectivity index (χ2v) is 5.01. The fourth-order valence-corrected chi connectivity index (χ4v) is 2.75. The molecule has 0 saturated carbocycles. The quantitative estimate of drug-likeness (QED) is 0.711. The molecule has 7 heteroatoms. The smallest absolute Gasteiger partial charge is 0.266 e. The molecule has 0 unspecified atom stereocenters. The zero-order chi connectivity index (χ0) is 11.9. The molecule has 2 rings (SSSR count). The average molecular weight is 358 g/mol. The monoisotopic (exact) mass is 358 g/mol. The summed E-state index contributed by atoms with van der Waals surface area (Å²) in [4.78, 5) is 3.86. The van der Waals surface area contributed by atoms with Gasteiger partial charge in [-0.25, -0.2) is 4.98 Å². The highest BCUT2D eigenvalue weighted by Crippen LogP contribution is 2.33. The van der Waals surface area contributed by atoms with Crippen LogP contribution in [-0.4, -0.2) is 8.96 Å². The van der Waals surface area contributed by atoms with E-state index in [4.69, 9.17) is 0 Å². The lowest BCUT2D eigenvalue weighted by molar-refractivity contribution is -0.137. The number of pyridine rings is 1. The van der Waals surface area contributed by atoms with E-state index in [1.165, 1.54) is 9.12 Å². The Kier molecular flexibility index (Phi) is 3.08. The van der Waals surface area contributed by atoms with Crippen molar-refractivity contribution in [2.75, 3.05) is 0 Å². The van der Waals surface area contributed by atoms with E-state index in [9.17, 15) is 13.2 Å². The summed E-state index contributed by atoms with van der Waals surface area (Å²) >= 11 is 2.06. The third-order valence-corrected chi connectivity index (χ3v) is 3.91. The van der Waals surface area contributed by atoms with Crippen LogP contribution in [0.15, 0.2) is 18.5 Å². The Labute approximate surface area is 106 Å². The highest BCUT2D eigenvalue weighted by molar-refractivity contribution is 14.2. The van der Waals surface area contributed by atoms with Crippen molar-refractivity contribution in [2.45, 2.75) is 13.1 Å². The van der Waals surface area contributed by atoms with Crippen molar-refractivity contribution in [3.05, 3.63) is 29.6 Å². The summed E-state index contributed by atoms with van der Waals surface area (Å²) in [5, 5.41) is 0.541. The van der Waals surface area contributed by atoms with Gasteiger partial charge in [-0.3, -0.25) is 3.97 Å².